The van der Waals surface area contributed by atoms with E-state index < -0.39 is 0 Å². The summed E-state index contributed by atoms with van der Waals surface area (Å²) in [6.07, 6.45) is 3.60. The van der Waals surface area contributed by atoms with Crippen molar-refractivity contribution in [3.05, 3.63) is 59.1 Å². The van der Waals surface area contributed by atoms with Crippen LogP contribution in [-0.4, -0.2) is 31.4 Å². The highest BCUT2D eigenvalue weighted by Gasteiger charge is 2.20. The zero-order chi connectivity index (χ0) is 16.9. The number of rotatable bonds is 6. The molecule has 0 fully saturated rings. The van der Waals surface area contributed by atoms with Crippen LogP contribution in [0.5, 0.6) is 0 Å². The third-order valence-corrected chi connectivity index (χ3v) is 5.36. The van der Waals surface area contributed by atoms with Gasteiger partial charge in [-0.2, -0.15) is 0 Å². The molecule has 2 heterocycles. The summed E-state index contributed by atoms with van der Waals surface area (Å²) in [4.78, 5) is 16.8. The van der Waals surface area contributed by atoms with E-state index in [0.717, 1.165) is 20.7 Å². The molecular weight excluding hydrogens is 342 g/mol. The first-order chi connectivity index (χ1) is 11.6. The fraction of sp³-hybridized carbons (Fsp3) is 0.250. The maximum Gasteiger partial charge on any atom is 0.231 e. The standard InChI is InChI=1S/C16H17N5OS2/c1-11-19-20-16(24-11)23-10-13(22)18-14(12-6-4-3-5-7-12)15-17-8-9-21(15)2/h3-9,14H,10H2,1-2H3,(H,18,22). The van der Waals surface area contributed by atoms with E-state index in [4.69, 9.17) is 0 Å². The molecule has 124 valence electrons. The Morgan fingerprint density at radius 2 is 2.12 bits per heavy atom. The number of amides is 1. The van der Waals surface area contributed by atoms with Gasteiger partial charge in [-0.1, -0.05) is 53.4 Å². The number of hydrogen-bond donors (Lipinski definition) is 1. The van der Waals surface area contributed by atoms with E-state index in [1.54, 1.807) is 6.20 Å². The Morgan fingerprint density at radius 1 is 1.33 bits per heavy atom. The molecule has 0 bridgehead atoms. The number of nitrogens with one attached hydrogen (secondary N) is 1. The fourth-order valence-electron chi connectivity index (χ4n) is 2.26. The molecule has 0 aliphatic heterocycles. The number of benzene rings is 1. The molecular formula is C16H17N5OS2. The van der Waals surface area contributed by atoms with Crippen molar-refractivity contribution in [3.8, 4) is 0 Å². The fourth-order valence-corrected chi connectivity index (χ4v) is 3.89. The van der Waals surface area contributed by atoms with Gasteiger partial charge in [0, 0.05) is 19.4 Å². The minimum Gasteiger partial charge on any atom is -0.341 e. The Balaban J connectivity index is 1.72. The smallest absolute Gasteiger partial charge is 0.231 e. The zero-order valence-electron chi connectivity index (χ0n) is 13.3. The summed E-state index contributed by atoms with van der Waals surface area (Å²) in [5.74, 6) is 1.03. The van der Waals surface area contributed by atoms with Crippen LogP contribution in [-0.2, 0) is 11.8 Å². The highest BCUT2D eigenvalue weighted by molar-refractivity contribution is 8.01. The van der Waals surface area contributed by atoms with Gasteiger partial charge in [-0.25, -0.2) is 4.98 Å². The second kappa shape index (κ2) is 7.59. The molecule has 0 aliphatic carbocycles. The Bertz CT molecular complexity index is 815. The van der Waals surface area contributed by atoms with E-state index in [0.29, 0.717) is 5.75 Å². The van der Waals surface area contributed by atoms with Gasteiger partial charge in [0.05, 0.1) is 5.75 Å². The topological polar surface area (TPSA) is 72.7 Å². The van der Waals surface area contributed by atoms with Crippen LogP contribution in [0.25, 0.3) is 0 Å². The monoisotopic (exact) mass is 359 g/mol. The van der Waals surface area contributed by atoms with Crippen LogP contribution in [0.1, 0.15) is 22.4 Å². The maximum atomic E-state index is 12.4. The van der Waals surface area contributed by atoms with Crippen molar-refractivity contribution in [2.24, 2.45) is 7.05 Å². The van der Waals surface area contributed by atoms with Gasteiger partial charge in [-0.15, -0.1) is 10.2 Å². The van der Waals surface area contributed by atoms with Crippen LogP contribution in [0, 0.1) is 6.92 Å². The lowest BCUT2D eigenvalue weighted by atomic mass is 10.1. The van der Waals surface area contributed by atoms with Gasteiger partial charge in [-0.3, -0.25) is 4.79 Å². The molecule has 1 atom stereocenters. The molecule has 1 unspecified atom stereocenters. The normalized spacial score (nSPS) is 12.1. The molecule has 24 heavy (non-hydrogen) atoms. The molecule has 8 heteroatoms. The molecule has 0 radical (unpaired) electrons. The lowest BCUT2D eigenvalue weighted by molar-refractivity contribution is -0.119. The number of imidazole rings is 1. The number of hydrogen-bond acceptors (Lipinski definition) is 6. The first kappa shape index (κ1) is 16.7. The lowest BCUT2D eigenvalue weighted by Crippen LogP contribution is -2.32. The first-order valence-electron chi connectivity index (χ1n) is 7.38. The van der Waals surface area contributed by atoms with Crippen molar-refractivity contribution in [3.63, 3.8) is 0 Å². The average Bonchev–Trinajstić information content (AvgIpc) is 3.20. The van der Waals surface area contributed by atoms with Crippen LogP contribution < -0.4 is 5.32 Å². The van der Waals surface area contributed by atoms with Crippen LogP contribution in [0.2, 0.25) is 0 Å². The summed E-state index contributed by atoms with van der Waals surface area (Å²) in [6, 6.07) is 9.55. The molecule has 3 rings (SSSR count). The molecule has 1 aromatic carbocycles. The van der Waals surface area contributed by atoms with Crippen LogP contribution in [0.4, 0.5) is 0 Å². The Hall–Kier alpha value is -2.19. The largest absolute Gasteiger partial charge is 0.341 e. The van der Waals surface area contributed by atoms with Crippen molar-refractivity contribution >= 4 is 29.0 Å². The number of aromatic nitrogens is 4. The quantitative estimate of drug-likeness (QED) is 0.685. The van der Waals surface area contributed by atoms with E-state index >= 15 is 0 Å². The first-order valence-corrected chi connectivity index (χ1v) is 9.18. The molecule has 1 amide bonds. The van der Waals surface area contributed by atoms with Crippen LogP contribution >= 0.6 is 23.1 Å². The molecule has 0 aliphatic rings. The summed E-state index contributed by atoms with van der Waals surface area (Å²) >= 11 is 2.88. The Labute approximate surface area is 148 Å². The highest BCUT2D eigenvalue weighted by Crippen LogP contribution is 2.23. The van der Waals surface area contributed by atoms with Gasteiger partial charge in [0.15, 0.2) is 4.34 Å². The number of aryl methyl sites for hydroxylation is 2. The highest BCUT2D eigenvalue weighted by atomic mass is 32.2. The minimum atomic E-state index is -0.282. The summed E-state index contributed by atoms with van der Waals surface area (Å²) in [5.41, 5.74) is 0.997. The van der Waals surface area contributed by atoms with E-state index in [2.05, 4.69) is 20.5 Å². The maximum absolute atomic E-state index is 12.4. The number of nitrogens with zero attached hydrogens (tertiary/aromatic N) is 4. The second-order valence-corrected chi connectivity index (χ2v) is 7.59. The lowest BCUT2D eigenvalue weighted by Gasteiger charge is -2.19. The van der Waals surface area contributed by atoms with Crippen molar-refractivity contribution < 1.29 is 4.79 Å². The van der Waals surface area contributed by atoms with E-state index in [-0.39, 0.29) is 11.9 Å². The predicted octanol–water partition coefficient (Wildman–Crippen LogP) is 2.58. The summed E-state index contributed by atoms with van der Waals surface area (Å²) in [6.45, 7) is 1.90. The van der Waals surface area contributed by atoms with Crippen LogP contribution in [0.3, 0.4) is 0 Å². The van der Waals surface area contributed by atoms with Gasteiger partial charge in [0.2, 0.25) is 5.91 Å². The van der Waals surface area contributed by atoms with Crippen LogP contribution in [0.15, 0.2) is 47.1 Å². The summed E-state index contributed by atoms with van der Waals surface area (Å²) in [5, 5.41) is 11.9. The SMILES string of the molecule is Cc1nnc(SCC(=O)NC(c2ccccc2)c2nccn2C)s1. The van der Waals surface area contributed by atoms with Gasteiger partial charge in [0.25, 0.3) is 0 Å². The predicted molar refractivity (Wildman–Crippen MR) is 95.0 cm³/mol. The molecule has 0 saturated heterocycles. The molecule has 0 spiro atoms. The van der Waals surface area contributed by atoms with Crippen molar-refractivity contribution in [1.82, 2.24) is 25.1 Å². The molecule has 0 saturated carbocycles. The van der Waals surface area contributed by atoms with E-state index in [1.807, 2.05) is 55.1 Å². The Morgan fingerprint density at radius 3 is 2.75 bits per heavy atom. The van der Waals surface area contributed by atoms with Crippen molar-refractivity contribution in [2.75, 3.05) is 5.75 Å². The van der Waals surface area contributed by atoms with Crippen molar-refractivity contribution in [1.29, 1.82) is 0 Å². The molecule has 1 N–H and O–H groups in total. The second-order valence-electron chi connectivity index (χ2n) is 5.18. The number of thioether (sulfide) groups is 1. The van der Waals surface area contributed by atoms with Crippen molar-refractivity contribution in [2.45, 2.75) is 17.3 Å². The third kappa shape index (κ3) is 4.01. The number of carbonyl (C=O) groups excluding carboxylic acids is 1. The van der Waals surface area contributed by atoms with Gasteiger partial charge < -0.3 is 9.88 Å². The summed E-state index contributed by atoms with van der Waals surface area (Å²) < 4.78 is 2.72. The molecule has 6 nitrogen and oxygen atoms in total. The summed E-state index contributed by atoms with van der Waals surface area (Å²) in [7, 11) is 1.92. The molecule has 3 aromatic rings. The van der Waals surface area contributed by atoms with Gasteiger partial charge in [0.1, 0.15) is 16.9 Å². The molecule has 2 aromatic heterocycles. The minimum absolute atomic E-state index is 0.0651. The third-order valence-electron chi connectivity index (χ3n) is 3.39. The van der Waals surface area contributed by atoms with Gasteiger partial charge in [-0.05, 0) is 12.5 Å². The average molecular weight is 359 g/mol. The van der Waals surface area contributed by atoms with E-state index in [9.17, 15) is 4.79 Å². The van der Waals surface area contributed by atoms with Gasteiger partial charge >= 0.3 is 0 Å². The van der Waals surface area contributed by atoms with E-state index in [1.165, 1.54) is 23.1 Å². The number of carbonyl (C=O) groups is 1. The zero-order valence-corrected chi connectivity index (χ0v) is 15.0. The Kier molecular flexibility index (Phi) is 5.27.